The zero-order valence-corrected chi connectivity index (χ0v) is 28.6. The first-order chi connectivity index (χ1) is 25.2. The lowest BCUT2D eigenvalue weighted by atomic mass is 9.49. The van der Waals surface area contributed by atoms with Crippen LogP contribution in [0.3, 0.4) is 0 Å². The van der Waals surface area contributed by atoms with Crippen molar-refractivity contribution in [2.75, 3.05) is 0 Å². The molecule has 5 aliphatic carbocycles. The number of hydrogen-bond donors (Lipinski definition) is 0. The van der Waals surface area contributed by atoms with Crippen LogP contribution in [0.1, 0.15) is 67.3 Å². The van der Waals surface area contributed by atoms with Gasteiger partial charge in [0.25, 0.3) is 0 Å². The summed E-state index contributed by atoms with van der Waals surface area (Å²) >= 11 is 0. The van der Waals surface area contributed by atoms with E-state index in [9.17, 15) is 0 Å². The predicted molar refractivity (Wildman–Crippen MR) is 204 cm³/mol. The van der Waals surface area contributed by atoms with Crippen LogP contribution in [0.5, 0.6) is 11.5 Å². The maximum atomic E-state index is 6.99. The van der Waals surface area contributed by atoms with Gasteiger partial charge < -0.3 is 4.74 Å². The Kier molecular flexibility index (Phi) is 6.53. The largest absolute Gasteiger partial charge is 0.456 e. The van der Waals surface area contributed by atoms with Crippen LogP contribution in [0, 0.1) is 17.8 Å². The second-order valence-electron chi connectivity index (χ2n) is 15.8. The molecular formula is C47H39N3O. The van der Waals surface area contributed by atoms with E-state index in [-0.39, 0.29) is 17.3 Å². The molecule has 6 aliphatic rings. The third-order valence-corrected chi connectivity index (χ3v) is 12.6. The van der Waals surface area contributed by atoms with Gasteiger partial charge in [-0.3, -0.25) is 0 Å². The van der Waals surface area contributed by atoms with Crippen LogP contribution >= 0.6 is 0 Å². The maximum absolute atomic E-state index is 6.99. The van der Waals surface area contributed by atoms with Crippen LogP contribution in [-0.4, -0.2) is 15.0 Å². The van der Waals surface area contributed by atoms with Gasteiger partial charge in [0.15, 0.2) is 11.6 Å². The van der Waals surface area contributed by atoms with Crippen LogP contribution in [-0.2, 0) is 5.41 Å². The summed E-state index contributed by atoms with van der Waals surface area (Å²) < 4.78 is 6.99. The summed E-state index contributed by atoms with van der Waals surface area (Å²) in [4.78, 5) is 16.1. The molecule has 0 saturated heterocycles. The molecule has 0 N–H and O–H groups in total. The normalized spacial score (nSPS) is 26.6. The van der Waals surface area contributed by atoms with Gasteiger partial charge in [0.1, 0.15) is 17.3 Å². The molecule has 4 nitrogen and oxygen atoms in total. The number of nitrogens with zero attached hydrogens (tertiary/aromatic N) is 3. The van der Waals surface area contributed by atoms with E-state index in [4.69, 9.17) is 19.7 Å². The van der Waals surface area contributed by atoms with E-state index in [1.165, 1.54) is 66.0 Å². The minimum absolute atomic E-state index is 0.0330. The average molecular weight is 662 g/mol. The number of rotatable bonds is 3. The monoisotopic (exact) mass is 661 g/mol. The smallest absolute Gasteiger partial charge is 0.163 e. The number of aromatic nitrogens is 3. The highest BCUT2D eigenvalue weighted by atomic mass is 16.5. The number of allylic oxidation sites excluding steroid dienone is 4. The van der Waals surface area contributed by atoms with Crippen LogP contribution in [0.2, 0.25) is 0 Å². The van der Waals surface area contributed by atoms with Crippen molar-refractivity contribution in [1.29, 1.82) is 0 Å². The molecule has 1 aromatic heterocycles. The lowest BCUT2D eigenvalue weighted by Gasteiger charge is -2.56. The Balaban J connectivity index is 1.10. The Morgan fingerprint density at radius 2 is 1.12 bits per heavy atom. The third kappa shape index (κ3) is 4.83. The first-order valence-electron chi connectivity index (χ1n) is 18.8. The molecule has 0 amide bonds. The zero-order chi connectivity index (χ0) is 33.5. The molecule has 0 radical (unpaired) electrons. The number of para-hydroxylation sites is 1. The quantitative estimate of drug-likeness (QED) is 0.189. The van der Waals surface area contributed by atoms with Crippen molar-refractivity contribution in [3.8, 4) is 45.4 Å². The van der Waals surface area contributed by atoms with Crippen molar-refractivity contribution in [2.24, 2.45) is 17.8 Å². The standard InChI is InChI=1S/C47H39N3O/c1-2-10-33-24-34(18-17-32(33)9-1)44-48-45(50-46(49-44)47-26-29-21-30(27-47)23-31(22-29)28-47)35-19-20-41-39-14-6-4-12-37(39)36-11-3-5-13-38(36)40-15-7-8-16-42(40)51-43(41)25-35/h1-20,24-25,29-31,36,38H,21-23,26-28H2. The van der Waals surface area contributed by atoms with Crippen molar-refractivity contribution in [1.82, 2.24) is 15.0 Å². The summed E-state index contributed by atoms with van der Waals surface area (Å²) in [5, 5.41) is 2.42. The minimum atomic E-state index is 0.0330. The second kappa shape index (κ2) is 11.3. The minimum Gasteiger partial charge on any atom is -0.456 e. The molecule has 4 heteroatoms. The van der Waals surface area contributed by atoms with Crippen molar-refractivity contribution >= 4 is 10.8 Å². The van der Waals surface area contributed by atoms with Crippen molar-refractivity contribution < 1.29 is 4.74 Å². The highest BCUT2D eigenvalue weighted by molar-refractivity contribution is 5.86. The Morgan fingerprint density at radius 1 is 0.510 bits per heavy atom. The van der Waals surface area contributed by atoms with E-state index in [0.29, 0.717) is 0 Å². The molecule has 4 saturated carbocycles. The van der Waals surface area contributed by atoms with Gasteiger partial charge in [0.05, 0.1) is 0 Å². The fraction of sp³-hybridized carbons (Fsp3) is 0.255. The molecular weight excluding hydrogens is 623 g/mol. The molecule has 51 heavy (non-hydrogen) atoms. The Hall–Kier alpha value is -5.35. The molecule has 4 fully saturated rings. The summed E-state index contributed by atoms with van der Waals surface area (Å²) in [5.74, 6) is 6.97. The topological polar surface area (TPSA) is 47.9 Å². The predicted octanol–water partition coefficient (Wildman–Crippen LogP) is 11.6. The van der Waals surface area contributed by atoms with E-state index in [0.717, 1.165) is 63.4 Å². The maximum Gasteiger partial charge on any atom is 0.163 e. The molecule has 1 aliphatic heterocycles. The first-order valence-corrected chi connectivity index (χ1v) is 18.8. The fourth-order valence-corrected chi connectivity index (χ4v) is 10.8. The lowest BCUT2D eigenvalue weighted by molar-refractivity contribution is -0.00938. The van der Waals surface area contributed by atoms with Gasteiger partial charge in [0.2, 0.25) is 0 Å². The summed E-state index contributed by atoms with van der Waals surface area (Å²) in [6.45, 7) is 0. The van der Waals surface area contributed by atoms with Gasteiger partial charge in [-0.2, -0.15) is 0 Å². The number of ether oxygens (including phenoxy) is 1. The number of benzene rings is 5. The second-order valence-corrected chi connectivity index (χ2v) is 15.8. The van der Waals surface area contributed by atoms with Crippen molar-refractivity contribution in [2.45, 2.75) is 55.8 Å². The zero-order valence-electron chi connectivity index (χ0n) is 28.6. The highest BCUT2D eigenvalue weighted by Crippen LogP contribution is 2.60. The van der Waals surface area contributed by atoms with Crippen molar-refractivity contribution in [3.63, 3.8) is 0 Å². The summed E-state index contributed by atoms with van der Waals surface area (Å²) in [5.41, 5.74) is 6.80. The third-order valence-electron chi connectivity index (χ3n) is 12.6. The summed E-state index contributed by atoms with van der Waals surface area (Å²) in [6, 6.07) is 39.1. The van der Waals surface area contributed by atoms with Gasteiger partial charge >= 0.3 is 0 Å². The van der Waals surface area contributed by atoms with Crippen LogP contribution in [0.15, 0.2) is 133 Å². The van der Waals surface area contributed by atoms with E-state index in [1.54, 1.807) is 0 Å². The number of hydrogen-bond acceptors (Lipinski definition) is 4. The molecule has 248 valence electrons. The lowest BCUT2D eigenvalue weighted by Crippen LogP contribution is -2.49. The van der Waals surface area contributed by atoms with Gasteiger partial charge in [0, 0.05) is 39.5 Å². The van der Waals surface area contributed by atoms with E-state index in [1.807, 2.05) is 0 Å². The van der Waals surface area contributed by atoms with E-state index >= 15 is 0 Å². The van der Waals surface area contributed by atoms with Crippen LogP contribution < -0.4 is 4.74 Å². The van der Waals surface area contributed by atoms with Gasteiger partial charge in [-0.15, -0.1) is 0 Å². The molecule has 2 atom stereocenters. The highest BCUT2D eigenvalue weighted by Gasteiger charge is 2.53. The molecule has 0 spiro atoms. The Bertz CT molecular complexity index is 2390. The first kappa shape index (κ1) is 29.4. The molecule has 2 unspecified atom stereocenters. The van der Waals surface area contributed by atoms with Crippen LogP contribution in [0.4, 0.5) is 0 Å². The fourth-order valence-electron chi connectivity index (χ4n) is 10.8. The molecule has 2 heterocycles. The molecule has 4 bridgehead atoms. The Labute approximate surface area is 299 Å². The summed E-state index contributed by atoms with van der Waals surface area (Å²) in [7, 11) is 0. The van der Waals surface area contributed by atoms with E-state index in [2.05, 4.69) is 133 Å². The van der Waals surface area contributed by atoms with Crippen LogP contribution in [0.25, 0.3) is 44.7 Å². The van der Waals surface area contributed by atoms with E-state index < -0.39 is 0 Å². The van der Waals surface area contributed by atoms with Gasteiger partial charge in [-0.1, -0.05) is 109 Å². The molecule has 12 rings (SSSR count). The molecule has 6 aromatic rings. The average Bonchev–Trinajstić information content (AvgIpc) is 3.22. The van der Waals surface area contributed by atoms with Gasteiger partial charge in [-0.05, 0) is 102 Å². The molecule has 5 aromatic carbocycles. The summed E-state index contributed by atoms with van der Waals surface area (Å²) in [6.07, 6.45) is 16.7. The number of fused-ring (bicyclic) bond motifs is 8. The van der Waals surface area contributed by atoms with Gasteiger partial charge in [-0.25, -0.2) is 15.0 Å². The SMILES string of the molecule is C1=CC2c3ccccc3Oc3cc(-c4nc(-c5ccc6ccccc6c5)nc(C56CC7CC(CC(C7)C5)C6)n4)ccc3-c3ccccc3C2C=C1. The van der Waals surface area contributed by atoms with Crippen molar-refractivity contribution in [3.05, 3.63) is 150 Å². The Morgan fingerprint density at radius 3 is 1.88 bits per heavy atom.